The van der Waals surface area contributed by atoms with Gasteiger partial charge in [-0.2, -0.15) is 0 Å². The van der Waals surface area contributed by atoms with Crippen molar-refractivity contribution in [3.8, 4) is 5.69 Å². The highest BCUT2D eigenvalue weighted by molar-refractivity contribution is 6.10. The van der Waals surface area contributed by atoms with Crippen molar-refractivity contribution in [1.82, 2.24) is 4.57 Å². The summed E-state index contributed by atoms with van der Waals surface area (Å²) in [5, 5.41) is 5.01. The molecule has 3 heteroatoms. The number of benzene rings is 9. The summed E-state index contributed by atoms with van der Waals surface area (Å²) < 4.78 is 2.43. The fraction of sp³-hybridized carbons (Fsp3) is 0.0877. The average Bonchev–Trinajstić information content (AvgIpc) is 4.00. The SMILES string of the molecule is c1ccc(N(c2ccc3c4ccccc4n(-c4ccccc4)c3c2)c2cccc3c2[C@@]2(CC3)CCc3cccc(N(c4ccccc4)c4cccc5ccccc45)c32)cc1. The maximum absolute atomic E-state index is 2.54. The summed E-state index contributed by atoms with van der Waals surface area (Å²) in [4.78, 5) is 5.08. The Hall–Kier alpha value is -7.36. The van der Waals surface area contributed by atoms with Gasteiger partial charge in [0.1, 0.15) is 0 Å². The zero-order valence-electron chi connectivity index (χ0n) is 33.4. The molecule has 0 amide bonds. The molecule has 60 heavy (non-hydrogen) atoms. The van der Waals surface area contributed by atoms with Crippen LogP contribution in [0.15, 0.2) is 212 Å². The van der Waals surface area contributed by atoms with Gasteiger partial charge < -0.3 is 14.4 Å². The van der Waals surface area contributed by atoms with Crippen LogP contribution in [0, 0.1) is 0 Å². The lowest BCUT2D eigenvalue weighted by molar-refractivity contribution is 0.508. The zero-order valence-corrected chi connectivity index (χ0v) is 33.4. The van der Waals surface area contributed by atoms with E-state index >= 15 is 0 Å². The molecule has 0 saturated carbocycles. The predicted octanol–water partition coefficient (Wildman–Crippen LogP) is 15.1. The van der Waals surface area contributed by atoms with E-state index in [-0.39, 0.29) is 5.41 Å². The third-order valence-corrected chi connectivity index (χ3v) is 13.3. The first-order valence-electron chi connectivity index (χ1n) is 21.3. The largest absolute Gasteiger partial charge is 0.310 e. The van der Waals surface area contributed by atoms with Gasteiger partial charge in [0.15, 0.2) is 0 Å². The molecule has 0 aliphatic heterocycles. The van der Waals surface area contributed by atoms with Crippen LogP contribution in [0.4, 0.5) is 34.1 Å². The molecule has 12 rings (SSSR count). The molecule has 0 unspecified atom stereocenters. The molecule has 1 heterocycles. The number of para-hydroxylation sites is 4. The van der Waals surface area contributed by atoms with E-state index in [9.17, 15) is 0 Å². The summed E-state index contributed by atoms with van der Waals surface area (Å²) in [5.74, 6) is 0. The summed E-state index contributed by atoms with van der Waals surface area (Å²) in [7, 11) is 0. The fourth-order valence-corrected chi connectivity index (χ4v) is 10.9. The monoisotopic (exact) mass is 769 g/mol. The molecule has 0 fully saturated rings. The number of anilines is 6. The third kappa shape index (κ3) is 5.29. The van der Waals surface area contributed by atoms with Crippen LogP contribution in [-0.2, 0) is 18.3 Å². The van der Waals surface area contributed by atoms with Crippen LogP contribution >= 0.6 is 0 Å². The van der Waals surface area contributed by atoms with Gasteiger partial charge in [0, 0.05) is 44.3 Å². The Morgan fingerprint density at radius 3 is 1.58 bits per heavy atom. The molecule has 0 saturated heterocycles. The summed E-state index contributed by atoms with van der Waals surface area (Å²) in [6.07, 6.45) is 4.24. The molecule has 1 spiro atoms. The minimum absolute atomic E-state index is 0.175. The Bertz CT molecular complexity index is 3210. The Balaban J connectivity index is 1.10. The van der Waals surface area contributed by atoms with E-state index in [2.05, 4.69) is 227 Å². The van der Waals surface area contributed by atoms with Crippen LogP contribution in [0.2, 0.25) is 0 Å². The number of fused-ring (bicyclic) bond motifs is 8. The highest BCUT2D eigenvalue weighted by Crippen LogP contribution is 2.60. The third-order valence-electron chi connectivity index (χ3n) is 13.3. The number of aryl methyl sites for hydroxylation is 2. The van der Waals surface area contributed by atoms with E-state index in [0.29, 0.717) is 0 Å². The average molecular weight is 770 g/mol. The summed E-state index contributed by atoms with van der Waals surface area (Å²) in [5.41, 5.74) is 16.5. The first-order valence-corrected chi connectivity index (χ1v) is 21.3. The molecule has 2 aliphatic carbocycles. The highest BCUT2D eigenvalue weighted by Gasteiger charge is 2.49. The second-order valence-corrected chi connectivity index (χ2v) is 16.4. The van der Waals surface area contributed by atoms with Gasteiger partial charge in [-0.3, -0.25) is 0 Å². The van der Waals surface area contributed by atoms with Gasteiger partial charge in [-0.25, -0.2) is 0 Å². The number of hydrogen-bond acceptors (Lipinski definition) is 2. The van der Waals surface area contributed by atoms with E-state index in [0.717, 1.165) is 42.7 Å². The van der Waals surface area contributed by atoms with Gasteiger partial charge in [0.25, 0.3) is 0 Å². The maximum atomic E-state index is 2.54. The Labute approximate surface area is 351 Å². The van der Waals surface area contributed by atoms with Crippen molar-refractivity contribution in [2.45, 2.75) is 31.1 Å². The fourth-order valence-electron chi connectivity index (χ4n) is 10.9. The van der Waals surface area contributed by atoms with Crippen LogP contribution in [-0.4, -0.2) is 4.57 Å². The lowest BCUT2D eigenvalue weighted by atomic mass is 9.74. The van der Waals surface area contributed by atoms with Gasteiger partial charge in [-0.1, -0.05) is 140 Å². The summed E-state index contributed by atoms with van der Waals surface area (Å²) in [6, 6.07) is 78.4. The molecule has 1 aromatic heterocycles. The van der Waals surface area contributed by atoms with E-state index in [1.165, 1.54) is 77.6 Å². The predicted molar refractivity (Wildman–Crippen MR) is 252 cm³/mol. The van der Waals surface area contributed by atoms with Gasteiger partial charge in [-0.15, -0.1) is 0 Å². The van der Waals surface area contributed by atoms with Gasteiger partial charge >= 0.3 is 0 Å². The number of hydrogen-bond donors (Lipinski definition) is 0. The molecular formula is C57H43N3. The minimum atomic E-state index is -0.175. The Morgan fingerprint density at radius 2 is 0.883 bits per heavy atom. The summed E-state index contributed by atoms with van der Waals surface area (Å²) in [6.45, 7) is 0. The first-order chi connectivity index (χ1) is 29.8. The Morgan fingerprint density at radius 1 is 0.367 bits per heavy atom. The minimum Gasteiger partial charge on any atom is -0.310 e. The molecule has 3 nitrogen and oxygen atoms in total. The second-order valence-electron chi connectivity index (χ2n) is 16.4. The normalized spacial score (nSPS) is 15.5. The molecule has 0 radical (unpaired) electrons. The van der Waals surface area contributed by atoms with E-state index < -0.39 is 0 Å². The molecule has 9 aromatic carbocycles. The quantitative estimate of drug-likeness (QED) is 0.160. The van der Waals surface area contributed by atoms with Crippen molar-refractivity contribution < 1.29 is 0 Å². The van der Waals surface area contributed by atoms with Crippen LogP contribution in [0.25, 0.3) is 38.3 Å². The van der Waals surface area contributed by atoms with Crippen molar-refractivity contribution in [3.63, 3.8) is 0 Å². The van der Waals surface area contributed by atoms with Crippen molar-refractivity contribution in [2.24, 2.45) is 0 Å². The first kappa shape index (κ1) is 34.7. The van der Waals surface area contributed by atoms with Gasteiger partial charge in [0.05, 0.1) is 28.1 Å². The molecule has 10 aromatic rings. The van der Waals surface area contributed by atoms with E-state index in [1.54, 1.807) is 0 Å². The number of nitrogens with zero attached hydrogens (tertiary/aromatic N) is 3. The summed E-state index contributed by atoms with van der Waals surface area (Å²) >= 11 is 0. The highest BCUT2D eigenvalue weighted by atomic mass is 15.2. The smallest absolute Gasteiger partial charge is 0.0561 e. The van der Waals surface area contributed by atoms with Crippen molar-refractivity contribution in [1.29, 1.82) is 0 Å². The lowest BCUT2D eigenvalue weighted by Gasteiger charge is -2.37. The topological polar surface area (TPSA) is 11.4 Å². The van der Waals surface area contributed by atoms with Gasteiger partial charge in [0.2, 0.25) is 0 Å². The molecule has 1 atom stereocenters. The molecule has 286 valence electrons. The van der Waals surface area contributed by atoms with Crippen LogP contribution in [0.1, 0.15) is 35.1 Å². The zero-order chi connectivity index (χ0) is 39.6. The van der Waals surface area contributed by atoms with Crippen molar-refractivity contribution in [3.05, 3.63) is 235 Å². The molecular weight excluding hydrogens is 727 g/mol. The van der Waals surface area contributed by atoms with Crippen molar-refractivity contribution >= 4 is 66.7 Å². The molecule has 0 N–H and O–H groups in total. The Kier molecular flexibility index (Phi) is 8.02. The van der Waals surface area contributed by atoms with Gasteiger partial charge in [-0.05, 0) is 126 Å². The molecule has 0 bridgehead atoms. The van der Waals surface area contributed by atoms with E-state index in [4.69, 9.17) is 0 Å². The van der Waals surface area contributed by atoms with Crippen LogP contribution in [0.5, 0.6) is 0 Å². The number of rotatable bonds is 7. The van der Waals surface area contributed by atoms with Crippen LogP contribution < -0.4 is 9.80 Å². The van der Waals surface area contributed by atoms with E-state index in [1.807, 2.05) is 0 Å². The van der Waals surface area contributed by atoms with Crippen molar-refractivity contribution in [2.75, 3.05) is 9.80 Å². The maximum Gasteiger partial charge on any atom is 0.0561 e. The van der Waals surface area contributed by atoms with Crippen LogP contribution in [0.3, 0.4) is 0 Å². The second kappa shape index (κ2) is 13.9. The number of aromatic nitrogens is 1. The standard InChI is InChI=1S/C57H43N3/c1-4-21-43(22-5-1)58(46-33-34-49-48-28-12-13-29-51(48)60(54(49)39-46)45-25-8-3-9-26-45)52-31-15-19-41-35-37-57(55(41)52)38-36-42-20-16-32-53(56(42)57)59(44-23-6-2-7-24-44)50-30-14-18-40-17-10-11-27-47(40)50/h1-34,39H,35-38H2/t57-/m1/s1. The molecule has 2 aliphatic rings. The lowest BCUT2D eigenvalue weighted by Crippen LogP contribution is -2.27.